The number of hydrogen-bond acceptors (Lipinski definition) is 3. The third-order valence-electron chi connectivity index (χ3n) is 4.41. The van der Waals surface area contributed by atoms with Gasteiger partial charge in [-0.25, -0.2) is 4.98 Å². The predicted octanol–water partition coefficient (Wildman–Crippen LogP) is 5.88. The number of rotatable bonds is 2. The maximum Gasteiger partial charge on any atom is 0.152 e. The molecule has 0 fully saturated rings. The Hall–Kier alpha value is -1.42. The highest BCUT2D eigenvalue weighted by Crippen LogP contribution is 2.44. The quantitative estimate of drug-likeness (QED) is 0.533. The van der Waals surface area contributed by atoms with E-state index in [1.807, 2.05) is 19.1 Å². The highest BCUT2D eigenvalue weighted by molar-refractivity contribution is 7.19. The Balaban J connectivity index is 2.14. The van der Waals surface area contributed by atoms with Crippen molar-refractivity contribution in [2.24, 2.45) is 0 Å². The molecule has 4 rings (SSSR count). The molecule has 0 amide bonds. The Morgan fingerprint density at radius 2 is 2.04 bits per heavy atom. The number of fused-ring (bicyclic) bond motifs is 3. The van der Waals surface area contributed by atoms with E-state index >= 15 is 0 Å². The summed E-state index contributed by atoms with van der Waals surface area (Å²) in [5.41, 5.74) is 4.61. The van der Waals surface area contributed by atoms with Crippen molar-refractivity contribution in [3.8, 4) is 11.1 Å². The zero-order chi connectivity index (χ0) is 16.1. The molecule has 23 heavy (non-hydrogen) atoms. The van der Waals surface area contributed by atoms with E-state index in [0.29, 0.717) is 15.6 Å². The van der Waals surface area contributed by atoms with Gasteiger partial charge in [0.15, 0.2) is 6.29 Å². The molecule has 2 nitrogen and oxygen atoms in total. The van der Waals surface area contributed by atoms with Crippen LogP contribution >= 0.6 is 34.5 Å². The number of carbonyl (C=O) groups is 1. The van der Waals surface area contributed by atoms with Crippen molar-refractivity contribution in [3.63, 3.8) is 0 Å². The summed E-state index contributed by atoms with van der Waals surface area (Å²) in [5.74, 6) is 0. The van der Waals surface area contributed by atoms with E-state index in [1.165, 1.54) is 16.9 Å². The van der Waals surface area contributed by atoms with Gasteiger partial charge >= 0.3 is 0 Å². The van der Waals surface area contributed by atoms with Crippen molar-refractivity contribution < 1.29 is 4.79 Å². The van der Waals surface area contributed by atoms with E-state index in [-0.39, 0.29) is 0 Å². The standard InChI is InChI=1S/C18H13Cl2NOS/c1-9-12(8-22)16(10-5-6-13(19)14(20)7-10)17-11-3-2-4-15(11)23-18(17)21-9/h5-8H,2-4H2,1H3. The minimum absolute atomic E-state index is 0.496. The monoisotopic (exact) mass is 361 g/mol. The van der Waals surface area contributed by atoms with E-state index in [4.69, 9.17) is 23.2 Å². The van der Waals surface area contributed by atoms with Crippen LogP contribution in [0.15, 0.2) is 18.2 Å². The summed E-state index contributed by atoms with van der Waals surface area (Å²) >= 11 is 14.0. The molecule has 0 unspecified atom stereocenters. The molecule has 5 heteroatoms. The number of benzene rings is 1. The Morgan fingerprint density at radius 1 is 1.22 bits per heavy atom. The number of aromatic nitrogens is 1. The summed E-state index contributed by atoms with van der Waals surface area (Å²) in [6.45, 7) is 1.88. The lowest BCUT2D eigenvalue weighted by Gasteiger charge is -2.12. The predicted molar refractivity (Wildman–Crippen MR) is 97.2 cm³/mol. The van der Waals surface area contributed by atoms with E-state index < -0.39 is 0 Å². The molecule has 2 heterocycles. The molecular formula is C18H13Cl2NOS. The van der Waals surface area contributed by atoms with Crippen molar-refractivity contribution in [3.05, 3.63) is 49.9 Å². The molecule has 1 aliphatic carbocycles. The zero-order valence-electron chi connectivity index (χ0n) is 12.5. The van der Waals surface area contributed by atoms with Gasteiger partial charge in [0.2, 0.25) is 0 Å². The first-order valence-electron chi connectivity index (χ1n) is 7.45. The van der Waals surface area contributed by atoms with Gasteiger partial charge in [0.25, 0.3) is 0 Å². The normalized spacial score (nSPS) is 13.5. The average molecular weight is 362 g/mol. The second-order valence-corrected chi connectivity index (χ2v) is 7.67. The number of hydrogen-bond donors (Lipinski definition) is 0. The minimum atomic E-state index is 0.496. The van der Waals surface area contributed by atoms with Gasteiger partial charge in [0.05, 0.1) is 15.7 Å². The van der Waals surface area contributed by atoms with Crippen LogP contribution < -0.4 is 0 Å². The van der Waals surface area contributed by atoms with Crippen LogP contribution in [-0.2, 0) is 12.8 Å². The number of aryl methyl sites for hydroxylation is 3. The Morgan fingerprint density at radius 3 is 2.78 bits per heavy atom. The molecule has 2 aromatic heterocycles. The van der Waals surface area contributed by atoms with Gasteiger partial charge in [0.1, 0.15) is 4.83 Å². The van der Waals surface area contributed by atoms with Gasteiger partial charge in [0, 0.05) is 21.4 Å². The number of halogens is 2. The first kappa shape index (κ1) is 15.1. The second-order valence-electron chi connectivity index (χ2n) is 5.77. The molecule has 1 aliphatic rings. The maximum atomic E-state index is 11.7. The van der Waals surface area contributed by atoms with Crippen LogP contribution in [0.5, 0.6) is 0 Å². The Bertz CT molecular complexity index is 962. The van der Waals surface area contributed by atoms with E-state index in [1.54, 1.807) is 17.4 Å². The smallest absolute Gasteiger partial charge is 0.152 e. The second kappa shape index (κ2) is 5.59. The first-order chi connectivity index (χ1) is 11.1. The number of aldehydes is 1. The SMILES string of the molecule is Cc1nc2sc3c(c2c(-c2ccc(Cl)c(Cl)c2)c1C=O)CCC3. The zero-order valence-corrected chi connectivity index (χ0v) is 14.8. The van der Waals surface area contributed by atoms with E-state index in [9.17, 15) is 4.79 Å². The number of thiophene rings is 1. The van der Waals surface area contributed by atoms with Crippen molar-refractivity contribution in [2.45, 2.75) is 26.2 Å². The third-order valence-corrected chi connectivity index (χ3v) is 6.33. The molecule has 0 bridgehead atoms. The molecular weight excluding hydrogens is 349 g/mol. The number of nitrogens with zero attached hydrogens (tertiary/aromatic N) is 1. The van der Waals surface area contributed by atoms with Gasteiger partial charge in [-0.3, -0.25) is 4.79 Å². The highest BCUT2D eigenvalue weighted by Gasteiger charge is 2.24. The van der Waals surface area contributed by atoms with Gasteiger partial charge in [-0.15, -0.1) is 11.3 Å². The van der Waals surface area contributed by atoms with Crippen LogP contribution in [0.2, 0.25) is 10.0 Å². The van der Waals surface area contributed by atoms with Crippen LogP contribution in [0, 0.1) is 6.92 Å². The summed E-state index contributed by atoms with van der Waals surface area (Å²) in [6.07, 6.45) is 4.22. The van der Waals surface area contributed by atoms with Crippen molar-refractivity contribution in [1.82, 2.24) is 4.98 Å². The molecule has 0 atom stereocenters. The van der Waals surface area contributed by atoms with Crippen LogP contribution in [-0.4, -0.2) is 11.3 Å². The molecule has 0 N–H and O–H groups in total. The lowest BCUT2D eigenvalue weighted by Crippen LogP contribution is -1.97. The average Bonchev–Trinajstić information content (AvgIpc) is 3.09. The summed E-state index contributed by atoms with van der Waals surface area (Å²) in [4.78, 5) is 18.8. The third kappa shape index (κ3) is 2.30. The topological polar surface area (TPSA) is 30.0 Å². The Kier molecular flexibility index (Phi) is 3.67. The molecule has 0 aliphatic heterocycles. The summed E-state index contributed by atoms with van der Waals surface area (Å²) in [6, 6.07) is 5.54. The van der Waals surface area contributed by atoms with Crippen molar-refractivity contribution >= 4 is 51.0 Å². The fourth-order valence-corrected chi connectivity index (χ4v) is 4.97. The summed E-state index contributed by atoms with van der Waals surface area (Å²) in [7, 11) is 0. The molecule has 3 aromatic rings. The van der Waals surface area contributed by atoms with Crippen molar-refractivity contribution in [1.29, 1.82) is 0 Å². The van der Waals surface area contributed by atoms with Gasteiger partial charge in [-0.05, 0) is 49.4 Å². The first-order valence-corrected chi connectivity index (χ1v) is 9.03. The maximum absolute atomic E-state index is 11.7. The molecule has 0 saturated heterocycles. The lowest BCUT2D eigenvalue weighted by atomic mass is 9.94. The van der Waals surface area contributed by atoms with Crippen LogP contribution in [0.4, 0.5) is 0 Å². The molecule has 1 aromatic carbocycles. The van der Waals surface area contributed by atoms with Crippen molar-refractivity contribution in [2.75, 3.05) is 0 Å². The van der Waals surface area contributed by atoms with Crippen LogP contribution in [0.25, 0.3) is 21.3 Å². The number of pyridine rings is 1. The summed E-state index contributed by atoms with van der Waals surface area (Å²) in [5, 5.41) is 2.13. The lowest BCUT2D eigenvalue weighted by molar-refractivity contribution is 0.112. The molecule has 116 valence electrons. The molecule has 0 spiro atoms. The molecule has 0 saturated carbocycles. The highest BCUT2D eigenvalue weighted by atomic mass is 35.5. The fraction of sp³-hybridized carbons (Fsp3) is 0.222. The Labute approximate surface area is 148 Å². The van der Waals surface area contributed by atoms with Gasteiger partial charge in [-0.2, -0.15) is 0 Å². The molecule has 0 radical (unpaired) electrons. The van der Waals surface area contributed by atoms with Gasteiger partial charge in [-0.1, -0.05) is 29.3 Å². The largest absolute Gasteiger partial charge is 0.298 e. The number of carbonyl (C=O) groups excluding carboxylic acids is 1. The van der Waals surface area contributed by atoms with Crippen LogP contribution in [0.3, 0.4) is 0 Å². The minimum Gasteiger partial charge on any atom is -0.298 e. The van der Waals surface area contributed by atoms with Gasteiger partial charge < -0.3 is 0 Å². The van der Waals surface area contributed by atoms with E-state index in [2.05, 4.69) is 4.98 Å². The van der Waals surface area contributed by atoms with E-state index in [0.717, 1.165) is 46.2 Å². The summed E-state index contributed by atoms with van der Waals surface area (Å²) < 4.78 is 0. The fourth-order valence-electron chi connectivity index (χ4n) is 3.35. The van der Waals surface area contributed by atoms with Crippen LogP contribution in [0.1, 0.15) is 32.9 Å².